The Labute approximate surface area is 129 Å². The zero-order valence-electron chi connectivity index (χ0n) is 12.2. The molecule has 6 nitrogen and oxygen atoms in total. The lowest BCUT2D eigenvalue weighted by molar-refractivity contribution is -0.223. The lowest BCUT2D eigenvalue weighted by Gasteiger charge is -2.33. The van der Waals surface area contributed by atoms with Crippen molar-refractivity contribution < 1.29 is 27.2 Å². The van der Waals surface area contributed by atoms with Crippen molar-refractivity contribution in [2.24, 2.45) is 5.92 Å². The maximum Gasteiger partial charge on any atom is 0.414 e. The van der Waals surface area contributed by atoms with Crippen LogP contribution in [0.15, 0.2) is 27.3 Å². The molecular weight excluding hydrogens is 315 g/mol. The highest BCUT2D eigenvalue weighted by Gasteiger charge is 2.44. The Bertz CT molecular complexity index is 619. The molecule has 1 unspecified atom stereocenters. The molecule has 3 heterocycles. The molecule has 2 aromatic rings. The highest BCUT2D eigenvalue weighted by Crippen LogP contribution is 2.31. The van der Waals surface area contributed by atoms with Crippen molar-refractivity contribution in [3.05, 3.63) is 24.3 Å². The first-order chi connectivity index (χ1) is 10.9. The first-order valence-corrected chi connectivity index (χ1v) is 7.27. The van der Waals surface area contributed by atoms with Crippen molar-refractivity contribution in [1.82, 2.24) is 15.0 Å². The zero-order chi connectivity index (χ0) is 16.4. The quantitative estimate of drug-likeness (QED) is 0.927. The molecule has 0 bridgehead atoms. The van der Waals surface area contributed by atoms with Crippen LogP contribution in [-0.2, 0) is 6.54 Å². The maximum atomic E-state index is 12.5. The Balaban J connectivity index is 1.53. The third kappa shape index (κ3) is 3.73. The van der Waals surface area contributed by atoms with Gasteiger partial charge in [0.2, 0.25) is 11.7 Å². The second-order valence-corrected chi connectivity index (χ2v) is 5.59. The van der Waals surface area contributed by atoms with Crippen LogP contribution < -0.4 is 0 Å². The summed E-state index contributed by atoms with van der Waals surface area (Å²) in [7, 11) is 0. The van der Waals surface area contributed by atoms with Crippen LogP contribution in [-0.4, -0.2) is 45.5 Å². The summed E-state index contributed by atoms with van der Waals surface area (Å²) in [6, 6.07) is 3.42. The molecular formula is C14H16F3N3O3. The molecule has 0 spiro atoms. The van der Waals surface area contributed by atoms with Crippen LogP contribution in [0.5, 0.6) is 0 Å². The van der Waals surface area contributed by atoms with Crippen molar-refractivity contribution in [3.8, 4) is 11.6 Å². The highest BCUT2D eigenvalue weighted by atomic mass is 19.4. The van der Waals surface area contributed by atoms with Gasteiger partial charge in [-0.3, -0.25) is 4.90 Å². The molecule has 2 aromatic heterocycles. The summed E-state index contributed by atoms with van der Waals surface area (Å²) >= 11 is 0. The number of aliphatic hydroxyl groups is 1. The van der Waals surface area contributed by atoms with Crippen LogP contribution in [0, 0.1) is 5.92 Å². The van der Waals surface area contributed by atoms with Gasteiger partial charge in [0.1, 0.15) is 0 Å². The molecule has 1 fully saturated rings. The molecule has 1 atom stereocenters. The molecule has 0 aliphatic carbocycles. The highest BCUT2D eigenvalue weighted by molar-refractivity contribution is 5.44. The fourth-order valence-corrected chi connectivity index (χ4v) is 2.71. The van der Waals surface area contributed by atoms with E-state index < -0.39 is 18.2 Å². The fraction of sp³-hybridized carbons (Fsp3) is 0.571. The van der Waals surface area contributed by atoms with Gasteiger partial charge in [0, 0.05) is 0 Å². The number of likely N-dealkylation sites (tertiary alicyclic amines) is 1. The number of alkyl halides is 3. The van der Waals surface area contributed by atoms with Gasteiger partial charge in [0.15, 0.2) is 11.9 Å². The number of furan rings is 1. The van der Waals surface area contributed by atoms with E-state index in [2.05, 4.69) is 10.1 Å². The summed E-state index contributed by atoms with van der Waals surface area (Å²) in [5.74, 6) is 0.457. The van der Waals surface area contributed by atoms with E-state index in [0.717, 1.165) is 0 Å². The van der Waals surface area contributed by atoms with E-state index in [1.807, 2.05) is 4.90 Å². The number of rotatable bonds is 4. The number of nitrogens with zero attached hydrogens (tertiary/aromatic N) is 3. The molecule has 0 radical (unpaired) electrons. The minimum atomic E-state index is -4.56. The van der Waals surface area contributed by atoms with Crippen molar-refractivity contribution in [3.63, 3.8) is 0 Å². The summed E-state index contributed by atoms with van der Waals surface area (Å²) < 4.78 is 47.8. The molecule has 1 aliphatic rings. The summed E-state index contributed by atoms with van der Waals surface area (Å²) in [6.07, 6.45) is -4.75. The molecule has 9 heteroatoms. The monoisotopic (exact) mass is 331 g/mol. The Hall–Kier alpha value is -1.87. The summed E-state index contributed by atoms with van der Waals surface area (Å²) in [4.78, 5) is 6.13. The van der Waals surface area contributed by atoms with Gasteiger partial charge < -0.3 is 14.0 Å². The van der Waals surface area contributed by atoms with Crippen LogP contribution in [0.1, 0.15) is 18.7 Å². The fourth-order valence-electron chi connectivity index (χ4n) is 2.71. The van der Waals surface area contributed by atoms with Gasteiger partial charge in [-0.15, -0.1) is 0 Å². The standard InChI is InChI=1S/C14H16F3N3O3/c15-14(16,17)12(21)9-3-5-20(6-4-9)8-11-18-13(19-23-11)10-2-1-7-22-10/h1-2,7,9,12,21H,3-6,8H2. The van der Waals surface area contributed by atoms with Gasteiger partial charge >= 0.3 is 6.18 Å². The topological polar surface area (TPSA) is 75.5 Å². The van der Waals surface area contributed by atoms with Gasteiger partial charge in [-0.2, -0.15) is 18.2 Å². The molecule has 3 rings (SSSR count). The third-order valence-corrected chi connectivity index (χ3v) is 3.98. The number of halogens is 3. The van der Waals surface area contributed by atoms with E-state index >= 15 is 0 Å². The molecule has 0 aromatic carbocycles. The second-order valence-electron chi connectivity index (χ2n) is 5.59. The average molecular weight is 331 g/mol. The molecule has 23 heavy (non-hydrogen) atoms. The molecule has 0 amide bonds. The van der Waals surface area contributed by atoms with Crippen LogP contribution in [0.4, 0.5) is 13.2 Å². The van der Waals surface area contributed by atoms with Gasteiger partial charge in [-0.05, 0) is 44.0 Å². The molecule has 1 saturated heterocycles. The van der Waals surface area contributed by atoms with E-state index in [1.165, 1.54) is 6.26 Å². The van der Waals surface area contributed by atoms with E-state index in [9.17, 15) is 18.3 Å². The van der Waals surface area contributed by atoms with Crippen molar-refractivity contribution in [2.45, 2.75) is 31.7 Å². The molecule has 1 aliphatic heterocycles. The average Bonchev–Trinajstić information content (AvgIpc) is 3.17. The third-order valence-electron chi connectivity index (χ3n) is 3.98. The minimum absolute atomic E-state index is 0.278. The zero-order valence-corrected chi connectivity index (χ0v) is 12.2. The minimum Gasteiger partial charge on any atom is -0.461 e. The largest absolute Gasteiger partial charge is 0.461 e. The normalized spacial score (nSPS) is 19.1. The van der Waals surface area contributed by atoms with Crippen LogP contribution in [0.25, 0.3) is 11.6 Å². The molecule has 0 saturated carbocycles. The van der Waals surface area contributed by atoms with E-state index in [4.69, 9.17) is 8.94 Å². The Morgan fingerprint density at radius 2 is 2.09 bits per heavy atom. The second kappa shape index (κ2) is 6.32. The summed E-state index contributed by atoms with van der Waals surface area (Å²) in [6.45, 7) is 1.25. The molecule has 126 valence electrons. The predicted molar refractivity (Wildman–Crippen MR) is 72.1 cm³/mol. The lowest BCUT2D eigenvalue weighted by Crippen LogP contribution is -2.43. The van der Waals surface area contributed by atoms with Gasteiger partial charge in [0.05, 0.1) is 12.8 Å². The van der Waals surface area contributed by atoms with Gasteiger partial charge in [0.25, 0.3) is 0 Å². The van der Waals surface area contributed by atoms with Crippen LogP contribution >= 0.6 is 0 Å². The number of aromatic nitrogens is 2. The van der Waals surface area contributed by atoms with E-state index in [1.54, 1.807) is 12.1 Å². The van der Waals surface area contributed by atoms with Crippen molar-refractivity contribution >= 4 is 0 Å². The Kier molecular flexibility index (Phi) is 4.40. The number of hydrogen-bond acceptors (Lipinski definition) is 6. The number of hydrogen-bond donors (Lipinski definition) is 1. The lowest BCUT2D eigenvalue weighted by atomic mass is 9.91. The van der Waals surface area contributed by atoms with Crippen molar-refractivity contribution in [1.29, 1.82) is 0 Å². The van der Waals surface area contributed by atoms with E-state index in [-0.39, 0.29) is 12.8 Å². The van der Waals surface area contributed by atoms with Crippen LogP contribution in [0.2, 0.25) is 0 Å². The molecule has 1 N–H and O–H groups in total. The van der Waals surface area contributed by atoms with Gasteiger partial charge in [-0.25, -0.2) is 0 Å². The maximum absolute atomic E-state index is 12.5. The van der Waals surface area contributed by atoms with Crippen molar-refractivity contribution in [2.75, 3.05) is 13.1 Å². The number of piperidine rings is 1. The smallest absolute Gasteiger partial charge is 0.414 e. The Morgan fingerprint density at radius 1 is 1.35 bits per heavy atom. The SMILES string of the molecule is OC(C1CCN(Cc2nc(-c3ccco3)no2)CC1)C(F)(F)F. The predicted octanol–water partition coefficient (Wildman–Crippen LogP) is 2.46. The summed E-state index contributed by atoms with van der Waals surface area (Å²) in [5.41, 5.74) is 0. The first kappa shape index (κ1) is 16.0. The first-order valence-electron chi connectivity index (χ1n) is 7.27. The summed E-state index contributed by atoms with van der Waals surface area (Å²) in [5, 5.41) is 13.1. The Morgan fingerprint density at radius 3 is 2.70 bits per heavy atom. The van der Waals surface area contributed by atoms with E-state index in [0.29, 0.717) is 37.1 Å². The van der Waals surface area contributed by atoms with Crippen LogP contribution in [0.3, 0.4) is 0 Å². The number of aliphatic hydroxyl groups excluding tert-OH is 1. The van der Waals surface area contributed by atoms with Gasteiger partial charge in [-0.1, -0.05) is 5.16 Å².